The summed E-state index contributed by atoms with van der Waals surface area (Å²) < 4.78 is 5.26. The van der Waals surface area contributed by atoms with Crippen LogP contribution in [0.3, 0.4) is 0 Å². The smallest absolute Gasteiger partial charge is 0.221 e. The highest BCUT2D eigenvalue weighted by molar-refractivity contribution is 5.93. The van der Waals surface area contributed by atoms with Crippen LogP contribution in [0.15, 0.2) is 24.4 Å². The van der Waals surface area contributed by atoms with E-state index in [4.69, 9.17) is 10.5 Å². The number of amides is 1. The molecular formula is C13H14N2O2. The van der Waals surface area contributed by atoms with Gasteiger partial charge in [0.05, 0.1) is 13.5 Å². The minimum absolute atomic E-state index is 0.215. The highest BCUT2D eigenvalue weighted by Gasteiger charge is 2.11. The Labute approximate surface area is 99.4 Å². The van der Waals surface area contributed by atoms with E-state index < -0.39 is 0 Å². The first-order valence-corrected chi connectivity index (χ1v) is 5.33. The van der Waals surface area contributed by atoms with E-state index >= 15 is 0 Å². The summed E-state index contributed by atoms with van der Waals surface area (Å²) in [6.45, 7) is 1.98. The molecule has 2 aromatic rings. The Kier molecular flexibility index (Phi) is 2.95. The van der Waals surface area contributed by atoms with Crippen molar-refractivity contribution in [2.45, 2.75) is 13.3 Å². The van der Waals surface area contributed by atoms with E-state index in [2.05, 4.69) is 4.98 Å². The maximum atomic E-state index is 11.0. The second-order valence-corrected chi connectivity index (χ2v) is 3.92. The number of hydrogen-bond acceptors (Lipinski definition) is 3. The van der Waals surface area contributed by atoms with Crippen LogP contribution < -0.4 is 10.5 Å². The average molecular weight is 230 g/mol. The van der Waals surface area contributed by atoms with Crippen molar-refractivity contribution in [2.24, 2.45) is 5.73 Å². The molecule has 0 aliphatic rings. The van der Waals surface area contributed by atoms with Gasteiger partial charge in [-0.2, -0.15) is 0 Å². The number of nitrogens with two attached hydrogens (primary N) is 1. The third kappa shape index (κ3) is 2.06. The molecule has 0 spiro atoms. The van der Waals surface area contributed by atoms with E-state index in [0.29, 0.717) is 5.75 Å². The summed E-state index contributed by atoms with van der Waals surface area (Å²) in [7, 11) is 1.60. The minimum atomic E-state index is -0.347. The van der Waals surface area contributed by atoms with Gasteiger partial charge in [-0.1, -0.05) is 6.07 Å². The number of primary amides is 1. The number of carbonyl (C=O) groups is 1. The highest BCUT2D eigenvalue weighted by Crippen LogP contribution is 2.29. The molecule has 0 saturated heterocycles. The molecule has 0 fully saturated rings. The Balaban J connectivity index is 2.74. The van der Waals surface area contributed by atoms with Gasteiger partial charge in [-0.25, -0.2) is 0 Å². The molecule has 0 aliphatic heterocycles. The molecule has 2 N–H and O–H groups in total. The van der Waals surface area contributed by atoms with Crippen molar-refractivity contribution in [3.8, 4) is 5.75 Å². The van der Waals surface area contributed by atoms with Gasteiger partial charge in [0.1, 0.15) is 11.3 Å². The quantitative estimate of drug-likeness (QED) is 0.870. The van der Waals surface area contributed by atoms with Crippen LogP contribution in [0.4, 0.5) is 0 Å². The van der Waals surface area contributed by atoms with Gasteiger partial charge < -0.3 is 10.5 Å². The summed E-state index contributed by atoms with van der Waals surface area (Å²) in [6, 6.07) is 5.58. The first kappa shape index (κ1) is 11.4. The van der Waals surface area contributed by atoms with Crippen molar-refractivity contribution < 1.29 is 9.53 Å². The van der Waals surface area contributed by atoms with Gasteiger partial charge in [-0.15, -0.1) is 0 Å². The van der Waals surface area contributed by atoms with Gasteiger partial charge in [0.2, 0.25) is 5.91 Å². The number of pyridine rings is 1. The molecule has 0 aliphatic carbocycles. The SMILES string of the molecule is COc1ccc(CC(N)=O)c2c(C)ccnc12. The van der Waals surface area contributed by atoms with Crippen LogP contribution in [-0.4, -0.2) is 18.0 Å². The van der Waals surface area contributed by atoms with Crippen LogP contribution in [0, 0.1) is 6.92 Å². The molecule has 4 nitrogen and oxygen atoms in total. The number of methoxy groups -OCH3 is 1. The number of hydrogen-bond donors (Lipinski definition) is 1. The zero-order valence-electron chi connectivity index (χ0n) is 9.86. The van der Waals surface area contributed by atoms with Crippen molar-refractivity contribution in [3.05, 3.63) is 35.5 Å². The van der Waals surface area contributed by atoms with Gasteiger partial charge in [-0.05, 0) is 30.2 Å². The Morgan fingerprint density at radius 2 is 2.18 bits per heavy atom. The molecule has 1 aromatic carbocycles. The normalized spacial score (nSPS) is 10.5. The first-order valence-electron chi connectivity index (χ1n) is 5.33. The predicted octanol–water partition coefficient (Wildman–Crippen LogP) is 1.58. The molecule has 0 unspecified atom stereocenters. The lowest BCUT2D eigenvalue weighted by atomic mass is 10.0. The number of benzene rings is 1. The fourth-order valence-electron chi connectivity index (χ4n) is 1.99. The second-order valence-electron chi connectivity index (χ2n) is 3.92. The summed E-state index contributed by atoms with van der Waals surface area (Å²) in [5.74, 6) is 0.358. The van der Waals surface area contributed by atoms with Crippen LogP contribution >= 0.6 is 0 Å². The lowest BCUT2D eigenvalue weighted by molar-refractivity contribution is -0.117. The second kappa shape index (κ2) is 4.41. The van der Waals surface area contributed by atoms with Crippen LogP contribution in [0.1, 0.15) is 11.1 Å². The van der Waals surface area contributed by atoms with Crippen molar-refractivity contribution in [1.82, 2.24) is 4.98 Å². The third-order valence-corrected chi connectivity index (χ3v) is 2.73. The first-order chi connectivity index (χ1) is 8.13. The molecule has 0 bridgehead atoms. The van der Waals surface area contributed by atoms with Gasteiger partial charge in [-0.3, -0.25) is 9.78 Å². The van der Waals surface area contributed by atoms with E-state index in [0.717, 1.165) is 22.0 Å². The number of carbonyl (C=O) groups excluding carboxylic acids is 1. The molecular weight excluding hydrogens is 216 g/mol. The third-order valence-electron chi connectivity index (χ3n) is 2.73. The minimum Gasteiger partial charge on any atom is -0.494 e. The fourth-order valence-corrected chi connectivity index (χ4v) is 1.99. The maximum Gasteiger partial charge on any atom is 0.221 e. The molecule has 17 heavy (non-hydrogen) atoms. The summed E-state index contributed by atoms with van der Waals surface area (Å²) in [5, 5.41) is 0.950. The van der Waals surface area contributed by atoms with Gasteiger partial charge in [0, 0.05) is 11.6 Å². The van der Waals surface area contributed by atoms with Crippen LogP contribution in [-0.2, 0) is 11.2 Å². The molecule has 1 heterocycles. The van der Waals surface area contributed by atoms with Crippen LogP contribution in [0.5, 0.6) is 5.75 Å². The molecule has 4 heteroatoms. The van der Waals surface area contributed by atoms with Gasteiger partial charge in [0.25, 0.3) is 0 Å². The topological polar surface area (TPSA) is 65.2 Å². The number of rotatable bonds is 3. The summed E-state index contributed by atoms with van der Waals surface area (Å²) in [5.41, 5.74) is 7.96. The Morgan fingerprint density at radius 3 is 2.82 bits per heavy atom. The van der Waals surface area contributed by atoms with Crippen molar-refractivity contribution >= 4 is 16.8 Å². The highest BCUT2D eigenvalue weighted by atomic mass is 16.5. The predicted molar refractivity (Wildman–Crippen MR) is 65.9 cm³/mol. The van der Waals surface area contributed by atoms with E-state index in [1.807, 2.05) is 25.1 Å². The van der Waals surface area contributed by atoms with E-state index in [1.165, 1.54) is 0 Å². The van der Waals surface area contributed by atoms with Crippen molar-refractivity contribution in [3.63, 3.8) is 0 Å². The number of aryl methyl sites for hydroxylation is 1. The van der Waals surface area contributed by atoms with E-state index in [1.54, 1.807) is 13.3 Å². The number of fused-ring (bicyclic) bond motifs is 1. The van der Waals surface area contributed by atoms with Crippen LogP contribution in [0.2, 0.25) is 0 Å². The Hall–Kier alpha value is -2.10. The molecule has 0 atom stereocenters. The van der Waals surface area contributed by atoms with E-state index in [-0.39, 0.29) is 12.3 Å². The monoisotopic (exact) mass is 230 g/mol. The molecule has 1 aromatic heterocycles. The van der Waals surface area contributed by atoms with Crippen molar-refractivity contribution in [2.75, 3.05) is 7.11 Å². The molecule has 0 saturated carbocycles. The number of aromatic nitrogens is 1. The summed E-state index contributed by atoms with van der Waals surface area (Å²) in [6.07, 6.45) is 1.95. The van der Waals surface area contributed by atoms with Crippen LogP contribution in [0.25, 0.3) is 10.9 Å². The van der Waals surface area contributed by atoms with Crippen molar-refractivity contribution in [1.29, 1.82) is 0 Å². The van der Waals surface area contributed by atoms with Gasteiger partial charge in [0.15, 0.2) is 0 Å². The lowest BCUT2D eigenvalue weighted by Gasteiger charge is -2.10. The fraction of sp³-hybridized carbons (Fsp3) is 0.231. The maximum absolute atomic E-state index is 11.0. The zero-order chi connectivity index (χ0) is 12.4. The standard InChI is InChI=1S/C13H14N2O2/c1-8-5-6-15-13-10(17-2)4-3-9(12(8)13)7-11(14)16/h3-6H,7H2,1-2H3,(H2,14,16). The largest absolute Gasteiger partial charge is 0.494 e. The average Bonchev–Trinajstić information content (AvgIpc) is 2.28. The van der Waals surface area contributed by atoms with E-state index in [9.17, 15) is 4.79 Å². The Bertz CT molecular complexity index is 579. The molecule has 2 rings (SSSR count). The number of nitrogens with zero attached hydrogens (tertiary/aromatic N) is 1. The lowest BCUT2D eigenvalue weighted by Crippen LogP contribution is -2.14. The molecule has 1 amide bonds. The zero-order valence-corrected chi connectivity index (χ0v) is 9.86. The number of ether oxygens (including phenoxy) is 1. The molecule has 88 valence electrons. The summed E-state index contributed by atoms with van der Waals surface area (Å²) >= 11 is 0. The molecule has 0 radical (unpaired) electrons. The summed E-state index contributed by atoms with van der Waals surface area (Å²) in [4.78, 5) is 15.4. The Morgan fingerprint density at radius 1 is 1.41 bits per heavy atom. The van der Waals surface area contributed by atoms with Gasteiger partial charge >= 0.3 is 0 Å².